The van der Waals surface area contributed by atoms with Crippen molar-refractivity contribution in [3.63, 3.8) is 0 Å². The van der Waals surface area contributed by atoms with Gasteiger partial charge in [-0.1, -0.05) is 27.2 Å². The Bertz CT molecular complexity index is 259. The Morgan fingerprint density at radius 2 is 2.00 bits per heavy atom. The largest absolute Gasteiger partial charge is 0.306 e. The molecule has 19 heavy (non-hydrogen) atoms. The van der Waals surface area contributed by atoms with Gasteiger partial charge >= 0.3 is 0 Å². The molecular weight excluding hydrogens is 234 g/mol. The van der Waals surface area contributed by atoms with E-state index in [-0.39, 0.29) is 5.54 Å². The third kappa shape index (κ3) is 9.02. The van der Waals surface area contributed by atoms with E-state index in [2.05, 4.69) is 44.1 Å². The maximum atomic E-state index is 9.25. The van der Waals surface area contributed by atoms with Gasteiger partial charge in [-0.15, -0.1) is 0 Å². The molecule has 3 heteroatoms. The van der Waals surface area contributed by atoms with Crippen LogP contribution < -0.4 is 5.32 Å². The van der Waals surface area contributed by atoms with Gasteiger partial charge in [0.25, 0.3) is 0 Å². The number of nitriles is 1. The predicted octanol–water partition coefficient (Wildman–Crippen LogP) is 3.42. The smallest absolute Gasteiger partial charge is 0.103 e. The molecule has 0 aromatic heterocycles. The van der Waals surface area contributed by atoms with Crippen LogP contribution in [-0.4, -0.2) is 37.1 Å². The van der Waals surface area contributed by atoms with Crippen molar-refractivity contribution in [3.8, 4) is 6.07 Å². The molecule has 0 aromatic carbocycles. The van der Waals surface area contributed by atoms with Crippen LogP contribution in [0, 0.1) is 17.2 Å². The van der Waals surface area contributed by atoms with E-state index in [1.54, 1.807) is 0 Å². The molecule has 0 spiro atoms. The van der Waals surface area contributed by atoms with E-state index >= 15 is 0 Å². The maximum absolute atomic E-state index is 9.25. The van der Waals surface area contributed by atoms with Crippen molar-refractivity contribution in [2.75, 3.05) is 26.7 Å². The fraction of sp³-hybridized carbons (Fsp3) is 0.938. The minimum atomic E-state index is -0.342. The molecule has 0 aliphatic heterocycles. The number of rotatable bonds is 11. The first-order valence-corrected chi connectivity index (χ1v) is 7.82. The van der Waals surface area contributed by atoms with Crippen LogP contribution in [0.3, 0.4) is 0 Å². The molecule has 0 aliphatic rings. The van der Waals surface area contributed by atoms with Gasteiger partial charge in [0.1, 0.15) is 5.54 Å². The molecule has 2 atom stereocenters. The van der Waals surface area contributed by atoms with Crippen LogP contribution >= 0.6 is 0 Å². The highest BCUT2D eigenvalue weighted by Gasteiger charge is 2.21. The molecule has 0 heterocycles. The van der Waals surface area contributed by atoms with Crippen molar-refractivity contribution >= 4 is 0 Å². The molecule has 0 saturated carbocycles. The fourth-order valence-corrected chi connectivity index (χ4v) is 2.20. The van der Waals surface area contributed by atoms with E-state index in [0.29, 0.717) is 0 Å². The number of nitrogens with one attached hydrogen (secondary N) is 1. The van der Waals surface area contributed by atoms with Crippen molar-refractivity contribution in [2.45, 2.75) is 65.3 Å². The van der Waals surface area contributed by atoms with Gasteiger partial charge in [0.15, 0.2) is 0 Å². The minimum absolute atomic E-state index is 0.342. The summed E-state index contributed by atoms with van der Waals surface area (Å²) in [5.74, 6) is 0.778. The van der Waals surface area contributed by atoms with Crippen molar-refractivity contribution in [3.05, 3.63) is 0 Å². The first-order chi connectivity index (χ1) is 8.97. The number of unbranched alkanes of at least 4 members (excludes halogenated alkanes) is 1. The maximum Gasteiger partial charge on any atom is 0.103 e. The summed E-state index contributed by atoms with van der Waals surface area (Å²) in [7, 11) is 2.20. The summed E-state index contributed by atoms with van der Waals surface area (Å²) >= 11 is 0. The number of hydrogen-bond donors (Lipinski definition) is 1. The molecule has 2 unspecified atom stereocenters. The van der Waals surface area contributed by atoms with Gasteiger partial charge in [-0.2, -0.15) is 5.26 Å². The third-order valence-corrected chi connectivity index (χ3v) is 3.80. The molecule has 3 nitrogen and oxygen atoms in total. The van der Waals surface area contributed by atoms with Crippen LogP contribution in [0.1, 0.15) is 59.8 Å². The lowest BCUT2D eigenvalue weighted by Gasteiger charge is -2.24. The van der Waals surface area contributed by atoms with Crippen LogP contribution in [0.5, 0.6) is 0 Å². The Balaban J connectivity index is 3.80. The van der Waals surface area contributed by atoms with Crippen LogP contribution in [-0.2, 0) is 0 Å². The van der Waals surface area contributed by atoms with E-state index in [9.17, 15) is 5.26 Å². The normalized spacial score (nSPS) is 16.1. The first-order valence-electron chi connectivity index (χ1n) is 7.82. The second kappa shape index (κ2) is 10.2. The van der Waals surface area contributed by atoms with Crippen molar-refractivity contribution in [2.24, 2.45) is 5.92 Å². The van der Waals surface area contributed by atoms with Gasteiger partial charge in [-0.3, -0.25) is 5.32 Å². The van der Waals surface area contributed by atoms with Crippen molar-refractivity contribution < 1.29 is 0 Å². The first kappa shape index (κ1) is 18.4. The highest BCUT2D eigenvalue weighted by atomic mass is 15.1. The Morgan fingerprint density at radius 1 is 1.32 bits per heavy atom. The van der Waals surface area contributed by atoms with Crippen LogP contribution in [0.25, 0.3) is 0 Å². The summed E-state index contributed by atoms with van der Waals surface area (Å²) in [6, 6.07) is 2.42. The average molecular weight is 267 g/mol. The molecule has 0 rings (SSSR count). The van der Waals surface area contributed by atoms with E-state index < -0.39 is 0 Å². The SMILES string of the molecule is CCCNC(C)(C#N)CCCCN(C)CC(C)CC. The summed E-state index contributed by atoms with van der Waals surface area (Å²) in [4.78, 5) is 2.41. The second-order valence-electron chi connectivity index (χ2n) is 6.10. The third-order valence-electron chi connectivity index (χ3n) is 3.80. The number of hydrogen-bond acceptors (Lipinski definition) is 3. The standard InChI is InChI=1S/C16H33N3/c1-6-11-18-16(4,14-17)10-8-9-12-19(5)13-15(3)7-2/h15,18H,6-13H2,1-5H3. The van der Waals surface area contributed by atoms with Crippen LogP contribution in [0.2, 0.25) is 0 Å². The molecular formula is C16H33N3. The zero-order valence-electron chi connectivity index (χ0n) is 13.6. The minimum Gasteiger partial charge on any atom is -0.306 e. The molecule has 0 saturated heterocycles. The molecule has 0 radical (unpaired) electrons. The highest BCUT2D eigenvalue weighted by Crippen LogP contribution is 2.13. The van der Waals surface area contributed by atoms with Crippen LogP contribution in [0.15, 0.2) is 0 Å². The number of nitrogens with zero attached hydrogens (tertiary/aromatic N) is 2. The average Bonchev–Trinajstić information content (AvgIpc) is 2.41. The quantitative estimate of drug-likeness (QED) is 0.583. The fourth-order valence-electron chi connectivity index (χ4n) is 2.20. The summed E-state index contributed by atoms with van der Waals surface area (Å²) in [6.07, 6.45) is 5.57. The Labute approximate surface area is 120 Å². The second-order valence-corrected chi connectivity index (χ2v) is 6.10. The monoisotopic (exact) mass is 267 g/mol. The summed E-state index contributed by atoms with van der Waals surface area (Å²) in [5.41, 5.74) is -0.342. The van der Waals surface area contributed by atoms with E-state index in [1.165, 1.54) is 19.4 Å². The van der Waals surface area contributed by atoms with Gasteiger partial charge in [-0.25, -0.2) is 0 Å². The predicted molar refractivity (Wildman–Crippen MR) is 83.1 cm³/mol. The van der Waals surface area contributed by atoms with Gasteiger partial charge in [-0.05, 0) is 58.7 Å². The lowest BCUT2D eigenvalue weighted by Crippen LogP contribution is -2.41. The van der Waals surface area contributed by atoms with Gasteiger partial charge < -0.3 is 4.90 Å². The molecule has 0 bridgehead atoms. The van der Waals surface area contributed by atoms with Gasteiger partial charge in [0, 0.05) is 6.54 Å². The molecule has 0 aromatic rings. The molecule has 1 N–H and O–H groups in total. The van der Waals surface area contributed by atoms with Gasteiger partial charge in [0.2, 0.25) is 0 Å². The molecule has 112 valence electrons. The Morgan fingerprint density at radius 3 is 2.53 bits per heavy atom. The summed E-state index contributed by atoms with van der Waals surface area (Å²) in [6.45, 7) is 12.0. The topological polar surface area (TPSA) is 39.1 Å². The lowest BCUT2D eigenvalue weighted by molar-refractivity contribution is 0.271. The highest BCUT2D eigenvalue weighted by molar-refractivity contribution is 5.03. The van der Waals surface area contributed by atoms with E-state index in [1.807, 2.05) is 6.92 Å². The Hall–Kier alpha value is -0.590. The van der Waals surface area contributed by atoms with Crippen molar-refractivity contribution in [1.82, 2.24) is 10.2 Å². The van der Waals surface area contributed by atoms with E-state index in [0.717, 1.165) is 38.3 Å². The molecule has 0 fully saturated rings. The summed E-state index contributed by atoms with van der Waals surface area (Å²) in [5, 5.41) is 12.6. The lowest BCUT2D eigenvalue weighted by atomic mass is 9.96. The van der Waals surface area contributed by atoms with Crippen molar-refractivity contribution in [1.29, 1.82) is 5.26 Å². The van der Waals surface area contributed by atoms with Crippen LogP contribution in [0.4, 0.5) is 0 Å². The summed E-state index contributed by atoms with van der Waals surface area (Å²) < 4.78 is 0. The van der Waals surface area contributed by atoms with Gasteiger partial charge in [0.05, 0.1) is 6.07 Å². The molecule has 0 aliphatic carbocycles. The van der Waals surface area contributed by atoms with E-state index in [4.69, 9.17) is 0 Å². The molecule has 0 amide bonds. The zero-order chi connectivity index (χ0) is 14.7. The Kier molecular flexibility index (Phi) is 9.91. The zero-order valence-corrected chi connectivity index (χ0v) is 13.6.